The smallest absolute Gasteiger partial charge is 0.247 e. The summed E-state index contributed by atoms with van der Waals surface area (Å²) in [5.74, 6) is 0. The molecule has 0 aromatic carbocycles. The Kier molecular flexibility index (Phi) is 5.28. The zero-order valence-electron chi connectivity index (χ0n) is 11.6. The van der Waals surface area contributed by atoms with E-state index in [1.807, 2.05) is 0 Å². The van der Waals surface area contributed by atoms with Gasteiger partial charge in [0, 0.05) is 13.1 Å². The van der Waals surface area contributed by atoms with Crippen LogP contribution in [0.4, 0.5) is 0 Å². The highest BCUT2D eigenvalue weighted by molar-refractivity contribution is 7.89. The van der Waals surface area contributed by atoms with E-state index in [0.29, 0.717) is 17.9 Å². The number of aliphatic hydroxyl groups is 1. The van der Waals surface area contributed by atoms with E-state index in [9.17, 15) is 8.42 Å². The molecule has 1 N–H and O–H groups in total. The summed E-state index contributed by atoms with van der Waals surface area (Å²) in [5, 5.41) is 13.1. The Labute approximate surface area is 114 Å². The molecule has 1 aromatic rings. The van der Waals surface area contributed by atoms with Crippen molar-refractivity contribution in [2.24, 2.45) is 0 Å². The maximum absolute atomic E-state index is 12.6. The zero-order chi connectivity index (χ0) is 14.6. The normalized spacial score (nSPS) is 12.1. The molecule has 19 heavy (non-hydrogen) atoms. The molecule has 108 valence electrons. The summed E-state index contributed by atoms with van der Waals surface area (Å²) in [6.07, 6.45) is 1.56. The van der Waals surface area contributed by atoms with Crippen molar-refractivity contribution in [1.82, 2.24) is 14.1 Å². The minimum Gasteiger partial charge on any atom is -0.394 e. The van der Waals surface area contributed by atoms with Gasteiger partial charge in [-0.15, -0.1) is 6.58 Å². The highest BCUT2D eigenvalue weighted by atomic mass is 32.2. The SMILES string of the molecule is C=CCN(CC)S(=O)(=O)c1c(C)nn(CCO)c1C. The van der Waals surface area contributed by atoms with E-state index in [1.165, 1.54) is 8.99 Å². The lowest BCUT2D eigenvalue weighted by Gasteiger charge is -2.18. The first-order valence-corrected chi connectivity index (χ1v) is 7.60. The molecule has 1 heterocycles. The van der Waals surface area contributed by atoms with Gasteiger partial charge in [0.2, 0.25) is 10.0 Å². The molecule has 0 spiro atoms. The summed E-state index contributed by atoms with van der Waals surface area (Å²) >= 11 is 0. The Morgan fingerprint density at radius 3 is 2.58 bits per heavy atom. The van der Waals surface area contributed by atoms with Gasteiger partial charge in [0.05, 0.1) is 24.5 Å². The Bertz CT molecular complexity index is 549. The number of nitrogens with zero attached hydrogens (tertiary/aromatic N) is 3. The van der Waals surface area contributed by atoms with Crippen LogP contribution in [0.1, 0.15) is 18.3 Å². The summed E-state index contributed by atoms with van der Waals surface area (Å²) in [5.41, 5.74) is 1.00. The van der Waals surface area contributed by atoms with Crippen molar-refractivity contribution in [2.75, 3.05) is 19.7 Å². The monoisotopic (exact) mass is 287 g/mol. The molecule has 0 atom stereocenters. The second-order valence-electron chi connectivity index (χ2n) is 4.19. The summed E-state index contributed by atoms with van der Waals surface area (Å²) in [6, 6.07) is 0. The molecule has 0 amide bonds. The molecule has 0 unspecified atom stereocenters. The maximum Gasteiger partial charge on any atom is 0.247 e. The molecule has 1 rings (SSSR count). The third kappa shape index (κ3) is 3.05. The Hall–Kier alpha value is -1.18. The van der Waals surface area contributed by atoms with Crippen LogP contribution in [-0.4, -0.2) is 47.3 Å². The molecule has 6 nitrogen and oxygen atoms in total. The quantitative estimate of drug-likeness (QED) is 0.749. The topological polar surface area (TPSA) is 75.4 Å². The van der Waals surface area contributed by atoms with Crippen LogP contribution >= 0.6 is 0 Å². The molecule has 0 saturated heterocycles. The molecule has 7 heteroatoms. The number of hydrogen-bond donors (Lipinski definition) is 1. The molecule has 0 aliphatic heterocycles. The number of aromatic nitrogens is 2. The molecular formula is C12H21N3O3S. The van der Waals surface area contributed by atoms with Crippen LogP contribution in [0.25, 0.3) is 0 Å². The van der Waals surface area contributed by atoms with Crippen LogP contribution in [0.5, 0.6) is 0 Å². The van der Waals surface area contributed by atoms with E-state index < -0.39 is 10.0 Å². The lowest BCUT2D eigenvalue weighted by atomic mass is 10.4. The van der Waals surface area contributed by atoms with Crippen molar-refractivity contribution in [3.05, 3.63) is 24.0 Å². The number of sulfonamides is 1. The van der Waals surface area contributed by atoms with Gasteiger partial charge in [0.1, 0.15) is 4.90 Å². The van der Waals surface area contributed by atoms with Gasteiger partial charge in [-0.05, 0) is 13.8 Å². The molecule has 1 aromatic heterocycles. The number of aliphatic hydroxyl groups excluding tert-OH is 1. The molecule has 0 aliphatic rings. The van der Waals surface area contributed by atoms with Crippen molar-refractivity contribution < 1.29 is 13.5 Å². The fraction of sp³-hybridized carbons (Fsp3) is 0.583. The molecule has 0 saturated carbocycles. The van der Waals surface area contributed by atoms with Gasteiger partial charge in [0.15, 0.2) is 0 Å². The van der Waals surface area contributed by atoms with Crippen LogP contribution < -0.4 is 0 Å². The predicted molar refractivity (Wildman–Crippen MR) is 73.4 cm³/mol. The Morgan fingerprint density at radius 2 is 2.11 bits per heavy atom. The minimum absolute atomic E-state index is 0.0778. The van der Waals surface area contributed by atoms with E-state index in [-0.39, 0.29) is 24.6 Å². The molecule has 0 fully saturated rings. The summed E-state index contributed by atoms with van der Waals surface area (Å²) in [7, 11) is -3.57. The second-order valence-corrected chi connectivity index (χ2v) is 6.07. The van der Waals surface area contributed by atoms with Crippen molar-refractivity contribution >= 4 is 10.0 Å². The third-order valence-corrected chi connectivity index (χ3v) is 5.10. The van der Waals surface area contributed by atoms with Crippen molar-refractivity contribution in [3.8, 4) is 0 Å². The second kappa shape index (κ2) is 6.31. The average Bonchev–Trinajstić information content (AvgIpc) is 2.62. The van der Waals surface area contributed by atoms with E-state index in [4.69, 9.17) is 5.11 Å². The Morgan fingerprint density at radius 1 is 1.47 bits per heavy atom. The highest BCUT2D eigenvalue weighted by Gasteiger charge is 2.29. The summed E-state index contributed by atoms with van der Waals surface area (Å²) < 4.78 is 28.0. The number of aryl methyl sites for hydroxylation is 1. The van der Waals surface area contributed by atoms with Crippen LogP contribution in [-0.2, 0) is 16.6 Å². The van der Waals surface area contributed by atoms with Gasteiger partial charge in [-0.1, -0.05) is 13.0 Å². The molecule has 0 aliphatic carbocycles. The number of hydrogen-bond acceptors (Lipinski definition) is 4. The van der Waals surface area contributed by atoms with Gasteiger partial charge in [-0.2, -0.15) is 9.40 Å². The largest absolute Gasteiger partial charge is 0.394 e. The van der Waals surface area contributed by atoms with Crippen LogP contribution in [0.2, 0.25) is 0 Å². The van der Waals surface area contributed by atoms with E-state index in [1.54, 1.807) is 26.8 Å². The summed E-state index contributed by atoms with van der Waals surface area (Å²) in [6.45, 7) is 9.57. The third-order valence-electron chi connectivity index (χ3n) is 2.91. The zero-order valence-corrected chi connectivity index (χ0v) is 12.4. The lowest BCUT2D eigenvalue weighted by molar-refractivity contribution is 0.267. The van der Waals surface area contributed by atoms with Crippen molar-refractivity contribution in [1.29, 1.82) is 0 Å². The van der Waals surface area contributed by atoms with E-state index in [0.717, 1.165) is 0 Å². The fourth-order valence-electron chi connectivity index (χ4n) is 2.04. The Balaban J connectivity index is 3.31. The minimum atomic E-state index is -3.57. The first-order chi connectivity index (χ1) is 8.89. The predicted octanol–water partition coefficient (Wildman–Crippen LogP) is 0.689. The van der Waals surface area contributed by atoms with Gasteiger partial charge in [-0.25, -0.2) is 8.42 Å². The molecular weight excluding hydrogens is 266 g/mol. The van der Waals surface area contributed by atoms with Crippen LogP contribution in [0.3, 0.4) is 0 Å². The van der Waals surface area contributed by atoms with Crippen molar-refractivity contribution in [3.63, 3.8) is 0 Å². The van der Waals surface area contributed by atoms with Crippen LogP contribution in [0, 0.1) is 13.8 Å². The van der Waals surface area contributed by atoms with Crippen molar-refractivity contribution in [2.45, 2.75) is 32.2 Å². The molecule has 0 radical (unpaired) electrons. The average molecular weight is 287 g/mol. The fourth-order valence-corrected chi connectivity index (χ4v) is 3.83. The van der Waals surface area contributed by atoms with Gasteiger partial charge in [0.25, 0.3) is 0 Å². The number of likely N-dealkylation sites (N-methyl/N-ethyl adjacent to an activating group) is 1. The first-order valence-electron chi connectivity index (χ1n) is 6.16. The molecule has 0 bridgehead atoms. The van der Waals surface area contributed by atoms with Gasteiger partial charge in [-0.3, -0.25) is 4.68 Å². The standard InChI is InChI=1S/C12H21N3O3S/c1-5-7-14(6-2)19(17,18)12-10(3)13-15(8-9-16)11(12)4/h5,16H,1,6-9H2,2-4H3. The lowest BCUT2D eigenvalue weighted by Crippen LogP contribution is -2.31. The van der Waals surface area contributed by atoms with E-state index in [2.05, 4.69) is 11.7 Å². The highest BCUT2D eigenvalue weighted by Crippen LogP contribution is 2.23. The first kappa shape index (κ1) is 15.9. The van der Waals surface area contributed by atoms with Gasteiger partial charge < -0.3 is 5.11 Å². The van der Waals surface area contributed by atoms with Crippen LogP contribution in [0.15, 0.2) is 17.6 Å². The number of rotatable bonds is 7. The summed E-state index contributed by atoms with van der Waals surface area (Å²) in [4.78, 5) is 0.227. The van der Waals surface area contributed by atoms with Gasteiger partial charge >= 0.3 is 0 Å². The van der Waals surface area contributed by atoms with E-state index >= 15 is 0 Å². The maximum atomic E-state index is 12.6.